The highest BCUT2D eigenvalue weighted by atomic mass is 31.1. The molecule has 0 heterocycles. The third-order valence-electron chi connectivity index (χ3n) is 1.99. The van der Waals surface area contributed by atoms with E-state index in [4.69, 9.17) is 9.26 Å². The Balaban J connectivity index is 2.50. The van der Waals surface area contributed by atoms with Gasteiger partial charge >= 0.3 is 8.03 Å². The first-order valence-electron chi connectivity index (χ1n) is 5.02. The second kappa shape index (κ2) is 6.54. The number of methoxy groups -OCH3 is 1. The minimum Gasteiger partial charge on any atom is -0.497 e. The van der Waals surface area contributed by atoms with Gasteiger partial charge in [-0.3, -0.25) is 0 Å². The Kier molecular flexibility index (Phi) is 5.30. The number of hydrogen-bond donors (Lipinski definition) is 0. The van der Waals surface area contributed by atoms with Crippen LogP contribution in [-0.4, -0.2) is 13.7 Å². The van der Waals surface area contributed by atoms with Crippen molar-refractivity contribution in [1.29, 1.82) is 0 Å². The zero-order valence-electron chi connectivity index (χ0n) is 9.10. The van der Waals surface area contributed by atoms with Gasteiger partial charge in [0, 0.05) is 0 Å². The van der Waals surface area contributed by atoms with Crippen molar-refractivity contribution in [2.75, 3.05) is 13.7 Å². The molecule has 0 aliphatic rings. The van der Waals surface area contributed by atoms with Gasteiger partial charge in [0.05, 0.1) is 7.11 Å². The van der Waals surface area contributed by atoms with Gasteiger partial charge in [-0.25, -0.2) is 0 Å². The van der Waals surface area contributed by atoms with Crippen molar-refractivity contribution in [2.24, 2.45) is 0 Å². The maximum atomic E-state index is 11.6. The molecular weight excluding hydrogens is 211 g/mol. The summed E-state index contributed by atoms with van der Waals surface area (Å²) >= 11 is 0. The summed E-state index contributed by atoms with van der Waals surface area (Å²) in [5, 5.41) is 0.710. The van der Waals surface area contributed by atoms with Crippen LogP contribution in [0.2, 0.25) is 0 Å². The van der Waals surface area contributed by atoms with Crippen LogP contribution in [0.1, 0.15) is 19.8 Å². The van der Waals surface area contributed by atoms with Crippen LogP contribution >= 0.6 is 8.03 Å². The lowest BCUT2D eigenvalue weighted by molar-refractivity contribution is 0.326. The monoisotopic (exact) mass is 227 g/mol. The zero-order valence-corrected chi connectivity index (χ0v) is 10.00. The Labute approximate surface area is 91.3 Å². The highest BCUT2D eigenvalue weighted by Gasteiger charge is 2.21. The Bertz CT molecular complexity index is 308. The summed E-state index contributed by atoms with van der Waals surface area (Å²) in [6.07, 6.45) is 1.99. The van der Waals surface area contributed by atoms with Gasteiger partial charge in [-0.05, 0) is 35.3 Å². The molecule has 0 N–H and O–H groups in total. The first-order valence-corrected chi connectivity index (χ1v) is 6.20. The average molecular weight is 227 g/mol. The van der Waals surface area contributed by atoms with Crippen molar-refractivity contribution in [2.45, 2.75) is 19.8 Å². The van der Waals surface area contributed by atoms with Crippen molar-refractivity contribution in [3.63, 3.8) is 0 Å². The Morgan fingerprint density at radius 1 is 1.27 bits per heavy atom. The molecule has 0 spiro atoms. The SMILES string of the molecule is CCCCO[P+](=O)c1ccc(OC)cc1. The normalized spacial score (nSPS) is 11.2. The Morgan fingerprint density at radius 3 is 2.47 bits per heavy atom. The third kappa shape index (κ3) is 3.98. The van der Waals surface area contributed by atoms with E-state index in [9.17, 15) is 4.57 Å². The first-order chi connectivity index (χ1) is 7.27. The zero-order chi connectivity index (χ0) is 11.1. The molecule has 15 heavy (non-hydrogen) atoms. The molecular formula is C11H16O3P+. The van der Waals surface area contributed by atoms with Crippen LogP contribution < -0.4 is 10.0 Å². The quantitative estimate of drug-likeness (QED) is 0.553. The molecule has 0 saturated heterocycles. The molecule has 0 amide bonds. The van der Waals surface area contributed by atoms with Crippen LogP contribution in [0.3, 0.4) is 0 Å². The maximum Gasteiger partial charge on any atom is 0.548 e. The van der Waals surface area contributed by atoms with Gasteiger partial charge in [-0.2, -0.15) is 0 Å². The molecule has 1 unspecified atom stereocenters. The molecule has 0 bridgehead atoms. The number of hydrogen-bond acceptors (Lipinski definition) is 3. The summed E-state index contributed by atoms with van der Waals surface area (Å²) in [7, 11) is -0.106. The van der Waals surface area contributed by atoms with Crippen molar-refractivity contribution in [3.05, 3.63) is 24.3 Å². The number of rotatable bonds is 6. The van der Waals surface area contributed by atoms with Crippen molar-refractivity contribution >= 4 is 13.3 Å². The van der Waals surface area contributed by atoms with Gasteiger partial charge in [0.15, 0.2) is 0 Å². The van der Waals surface area contributed by atoms with Crippen LogP contribution in [0.25, 0.3) is 0 Å². The maximum absolute atomic E-state index is 11.6. The summed E-state index contributed by atoms with van der Waals surface area (Å²) in [6, 6.07) is 7.10. The van der Waals surface area contributed by atoms with E-state index in [0.717, 1.165) is 18.6 Å². The fraction of sp³-hybridized carbons (Fsp3) is 0.455. The summed E-state index contributed by atoms with van der Waals surface area (Å²) in [6.45, 7) is 2.63. The van der Waals surface area contributed by atoms with Crippen LogP contribution in [0.4, 0.5) is 0 Å². The number of benzene rings is 1. The van der Waals surface area contributed by atoms with Crippen molar-refractivity contribution in [3.8, 4) is 5.75 Å². The fourth-order valence-corrected chi connectivity index (χ4v) is 1.91. The highest BCUT2D eigenvalue weighted by molar-refractivity contribution is 7.48. The molecule has 0 aromatic heterocycles. The lowest BCUT2D eigenvalue weighted by atomic mass is 10.3. The predicted octanol–water partition coefficient (Wildman–Crippen LogP) is 2.88. The van der Waals surface area contributed by atoms with E-state index in [0.29, 0.717) is 11.9 Å². The Hall–Kier alpha value is -0.920. The van der Waals surface area contributed by atoms with Gasteiger partial charge in [0.2, 0.25) is 5.30 Å². The second-order valence-electron chi connectivity index (χ2n) is 3.14. The highest BCUT2D eigenvalue weighted by Crippen LogP contribution is 2.23. The van der Waals surface area contributed by atoms with Gasteiger partial charge in [0.25, 0.3) is 0 Å². The second-order valence-corrected chi connectivity index (χ2v) is 4.43. The lowest BCUT2D eigenvalue weighted by Gasteiger charge is -1.96. The van der Waals surface area contributed by atoms with Gasteiger partial charge in [-0.1, -0.05) is 13.3 Å². The summed E-state index contributed by atoms with van der Waals surface area (Å²) in [5.74, 6) is 0.760. The molecule has 0 fully saturated rings. The topological polar surface area (TPSA) is 35.5 Å². The summed E-state index contributed by atoms with van der Waals surface area (Å²) in [4.78, 5) is 0. The van der Waals surface area contributed by atoms with E-state index in [1.807, 2.05) is 0 Å². The van der Waals surface area contributed by atoms with Gasteiger partial charge in [-0.15, -0.1) is 4.52 Å². The van der Waals surface area contributed by atoms with E-state index in [1.54, 1.807) is 31.4 Å². The minimum absolute atomic E-state index is 0.553. The van der Waals surface area contributed by atoms with Crippen LogP contribution in [0, 0.1) is 0 Å². The summed E-state index contributed by atoms with van der Waals surface area (Å²) in [5.41, 5.74) is 0. The minimum atomic E-state index is -1.71. The van der Waals surface area contributed by atoms with Crippen molar-refractivity contribution < 1.29 is 13.8 Å². The molecule has 3 nitrogen and oxygen atoms in total. The van der Waals surface area contributed by atoms with E-state index in [2.05, 4.69) is 6.92 Å². The standard InChI is InChI=1S/C11H16O3P/c1-3-4-9-14-15(12)11-7-5-10(13-2)6-8-11/h5-8H,3-4,9H2,1-2H3/q+1. The average Bonchev–Trinajstić information content (AvgIpc) is 2.29. The lowest BCUT2D eigenvalue weighted by Crippen LogP contribution is -1.99. The molecule has 1 aromatic rings. The fourth-order valence-electron chi connectivity index (χ4n) is 1.07. The number of unbranched alkanes of at least 4 members (excludes halogenated alkanes) is 1. The van der Waals surface area contributed by atoms with Crippen LogP contribution in [0.5, 0.6) is 5.75 Å². The largest absolute Gasteiger partial charge is 0.548 e. The van der Waals surface area contributed by atoms with Crippen LogP contribution in [-0.2, 0) is 9.09 Å². The third-order valence-corrected chi connectivity index (χ3v) is 3.13. The molecule has 1 rings (SSSR count). The molecule has 0 radical (unpaired) electrons. The number of ether oxygens (including phenoxy) is 1. The summed E-state index contributed by atoms with van der Waals surface area (Å²) < 4.78 is 21.8. The first kappa shape index (κ1) is 12.2. The predicted molar refractivity (Wildman–Crippen MR) is 61.1 cm³/mol. The molecule has 1 atom stereocenters. The van der Waals surface area contributed by atoms with E-state index in [1.165, 1.54) is 0 Å². The van der Waals surface area contributed by atoms with E-state index < -0.39 is 8.03 Å². The van der Waals surface area contributed by atoms with E-state index >= 15 is 0 Å². The van der Waals surface area contributed by atoms with Crippen LogP contribution in [0.15, 0.2) is 24.3 Å². The van der Waals surface area contributed by atoms with Gasteiger partial charge in [0.1, 0.15) is 12.4 Å². The molecule has 82 valence electrons. The Morgan fingerprint density at radius 2 is 1.93 bits per heavy atom. The molecule has 0 aliphatic carbocycles. The van der Waals surface area contributed by atoms with Gasteiger partial charge < -0.3 is 4.74 Å². The van der Waals surface area contributed by atoms with E-state index in [-0.39, 0.29) is 0 Å². The molecule has 0 aliphatic heterocycles. The molecule has 0 saturated carbocycles. The van der Waals surface area contributed by atoms with Crippen molar-refractivity contribution in [1.82, 2.24) is 0 Å². The smallest absolute Gasteiger partial charge is 0.497 e. The molecule has 4 heteroatoms. The molecule has 1 aromatic carbocycles.